The summed E-state index contributed by atoms with van der Waals surface area (Å²) in [6.07, 6.45) is 6.64. The van der Waals surface area contributed by atoms with E-state index in [1.54, 1.807) is 0 Å². The van der Waals surface area contributed by atoms with Crippen LogP contribution >= 0.6 is 0 Å². The van der Waals surface area contributed by atoms with Gasteiger partial charge in [-0.25, -0.2) is 0 Å². The number of rotatable bonds is 5. The van der Waals surface area contributed by atoms with Crippen molar-refractivity contribution in [2.24, 2.45) is 11.8 Å². The van der Waals surface area contributed by atoms with Gasteiger partial charge >= 0.3 is 0 Å². The summed E-state index contributed by atoms with van der Waals surface area (Å²) in [6, 6.07) is 8.25. The fourth-order valence-corrected chi connectivity index (χ4v) is 4.43. The molecule has 1 saturated heterocycles. The van der Waals surface area contributed by atoms with E-state index in [9.17, 15) is 9.59 Å². The highest BCUT2D eigenvalue weighted by Crippen LogP contribution is 2.23. The smallest absolute Gasteiger partial charge is 0.275 e. The number of nitrogens with one attached hydrogen (secondary N) is 2. The van der Waals surface area contributed by atoms with Gasteiger partial charge in [-0.1, -0.05) is 49.6 Å². The number of ketones is 1. The first-order valence-electron chi connectivity index (χ1n) is 10.3. The highest BCUT2D eigenvalue weighted by molar-refractivity contribution is 5.97. The molecular formula is C22H33N2O2+. The molecule has 0 spiro atoms. The highest BCUT2D eigenvalue weighted by Gasteiger charge is 2.30. The van der Waals surface area contributed by atoms with Gasteiger partial charge < -0.3 is 10.2 Å². The Hall–Kier alpha value is -1.68. The molecule has 1 saturated carbocycles. The normalized spacial score (nSPS) is 29.2. The Morgan fingerprint density at radius 3 is 2.35 bits per heavy atom. The van der Waals surface area contributed by atoms with E-state index in [-0.39, 0.29) is 17.6 Å². The van der Waals surface area contributed by atoms with Crippen LogP contribution < -0.4 is 10.2 Å². The van der Waals surface area contributed by atoms with Crippen molar-refractivity contribution in [1.29, 1.82) is 0 Å². The van der Waals surface area contributed by atoms with Gasteiger partial charge in [0, 0.05) is 30.4 Å². The number of hydrogen-bond acceptors (Lipinski definition) is 2. The van der Waals surface area contributed by atoms with Crippen LogP contribution in [0.4, 0.5) is 0 Å². The molecule has 0 unspecified atom stereocenters. The third-order valence-corrected chi connectivity index (χ3v) is 6.27. The number of hydrogen-bond donors (Lipinski definition) is 2. The number of piperidine rings is 1. The Labute approximate surface area is 157 Å². The van der Waals surface area contributed by atoms with Gasteiger partial charge in [-0.15, -0.1) is 0 Å². The summed E-state index contributed by atoms with van der Waals surface area (Å²) >= 11 is 0. The van der Waals surface area contributed by atoms with Crippen molar-refractivity contribution >= 4 is 11.7 Å². The number of quaternary nitrogens is 1. The first-order chi connectivity index (χ1) is 12.5. The summed E-state index contributed by atoms with van der Waals surface area (Å²) in [5.74, 6) is 1.16. The molecule has 1 amide bonds. The van der Waals surface area contributed by atoms with Crippen molar-refractivity contribution in [2.45, 2.75) is 58.4 Å². The lowest BCUT2D eigenvalue weighted by atomic mass is 9.86. The van der Waals surface area contributed by atoms with E-state index in [0.717, 1.165) is 37.9 Å². The van der Waals surface area contributed by atoms with Crippen LogP contribution in [0.25, 0.3) is 0 Å². The van der Waals surface area contributed by atoms with E-state index in [1.807, 2.05) is 31.2 Å². The van der Waals surface area contributed by atoms with Crippen molar-refractivity contribution in [1.82, 2.24) is 5.32 Å². The standard InChI is InChI=1S/C22H32N2O2/c1-16-7-9-18(10-8-16)22(26)19-11-13-24(14-12-19)15-21(25)23-20-6-4-3-5-17(20)2/h7-10,17,19-20H,3-6,11-15H2,1-2H3,(H,23,25)/p+1/t17-,20-/m0/s1. The van der Waals surface area contributed by atoms with Crippen LogP contribution in [0.1, 0.15) is 61.4 Å². The van der Waals surface area contributed by atoms with Crippen molar-refractivity contribution in [3.63, 3.8) is 0 Å². The van der Waals surface area contributed by atoms with Gasteiger partial charge in [0.1, 0.15) is 0 Å². The average molecular weight is 358 g/mol. The number of carbonyl (C=O) groups is 2. The second-order valence-electron chi connectivity index (χ2n) is 8.37. The molecule has 2 fully saturated rings. The first-order valence-corrected chi connectivity index (χ1v) is 10.3. The zero-order chi connectivity index (χ0) is 18.5. The third kappa shape index (κ3) is 4.94. The fraction of sp³-hybridized carbons (Fsp3) is 0.636. The summed E-state index contributed by atoms with van der Waals surface area (Å²) in [6.45, 7) is 6.66. The molecule has 2 N–H and O–H groups in total. The van der Waals surface area contributed by atoms with Gasteiger partial charge in [0.05, 0.1) is 13.1 Å². The molecule has 1 heterocycles. The van der Waals surface area contributed by atoms with E-state index in [4.69, 9.17) is 0 Å². The molecule has 142 valence electrons. The average Bonchev–Trinajstić information content (AvgIpc) is 2.64. The Morgan fingerprint density at radius 1 is 1.04 bits per heavy atom. The topological polar surface area (TPSA) is 50.6 Å². The molecule has 0 aromatic heterocycles. The van der Waals surface area contributed by atoms with Crippen molar-refractivity contribution in [3.05, 3.63) is 35.4 Å². The predicted molar refractivity (Wildman–Crippen MR) is 103 cm³/mol. The number of carbonyl (C=O) groups excluding carboxylic acids is 2. The van der Waals surface area contributed by atoms with Crippen LogP contribution in [0.15, 0.2) is 24.3 Å². The van der Waals surface area contributed by atoms with E-state index < -0.39 is 0 Å². The minimum atomic E-state index is 0.114. The third-order valence-electron chi connectivity index (χ3n) is 6.27. The molecule has 4 nitrogen and oxygen atoms in total. The summed E-state index contributed by atoms with van der Waals surface area (Å²) in [5, 5.41) is 3.25. The summed E-state index contributed by atoms with van der Waals surface area (Å²) < 4.78 is 0. The van der Waals surface area contributed by atoms with Crippen LogP contribution in [0.3, 0.4) is 0 Å². The minimum absolute atomic E-state index is 0.114. The van der Waals surface area contributed by atoms with Gasteiger partial charge in [0.15, 0.2) is 12.3 Å². The molecule has 2 atom stereocenters. The van der Waals surface area contributed by atoms with Gasteiger partial charge in [-0.3, -0.25) is 9.59 Å². The van der Waals surface area contributed by atoms with Crippen LogP contribution in [0.2, 0.25) is 0 Å². The number of aryl methyl sites for hydroxylation is 1. The molecule has 1 aromatic rings. The lowest BCUT2D eigenvalue weighted by Gasteiger charge is -2.31. The minimum Gasteiger partial charge on any atom is -0.348 e. The van der Waals surface area contributed by atoms with Crippen LogP contribution in [0.5, 0.6) is 0 Å². The lowest BCUT2D eigenvalue weighted by Crippen LogP contribution is -3.14. The van der Waals surface area contributed by atoms with Gasteiger partial charge in [-0.2, -0.15) is 0 Å². The van der Waals surface area contributed by atoms with Gasteiger partial charge in [-0.05, 0) is 25.7 Å². The van der Waals surface area contributed by atoms with E-state index in [2.05, 4.69) is 12.2 Å². The van der Waals surface area contributed by atoms with Gasteiger partial charge in [0.2, 0.25) is 0 Å². The van der Waals surface area contributed by atoms with Crippen LogP contribution in [0, 0.1) is 18.8 Å². The van der Waals surface area contributed by atoms with Crippen molar-refractivity contribution < 1.29 is 14.5 Å². The zero-order valence-electron chi connectivity index (χ0n) is 16.2. The maximum atomic E-state index is 12.7. The summed E-state index contributed by atoms with van der Waals surface area (Å²) in [7, 11) is 0. The molecule has 1 aromatic carbocycles. The molecule has 4 heteroatoms. The number of benzene rings is 1. The maximum Gasteiger partial charge on any atom is 0.275 e. The number of Topliss-reactive ketones (excluding diaryl/α,β-unsaturated/α-hetero) is 1. The Kier molecular flexibility index (Phi) is 6.47. The van der Waals surface area contributed by atoms with Crippen molar-refractivity contribution in [2.75, 3.05) is 19.6 Å². The molecule has 1 aliphatic carbocycles. The van der Waals surface area contributed by atoms with Crippen LogP contribution in [-0.2, 0) is 4.79 Å². The highest BCUT2D eigenvalue weighted by atomic mass is 16.2. The molecular weight excluding hydrogens is 324 g/mol. The maximum absolute atomic E-state index is 12.7. The second kappa shape index (κ2) is 8.81. The largest absolute Gasteiger partial charge is 0.348 e. The number of likely N-dealkylation sites (tertiary alicyclic amines) is 1. The predicted octanol–water partition coefficient (Wildman–Crippen LogP) is 2.17. The van der Waals surface area contributed by atoms with Gasteiger partial charge in [0.25, 0.3) is 5.91 Å². The number of amides is 1. The SMILES string of the molecule is Cc1ccc(C(=O)C2CC[NH+](CC(=O)N[C@H]3CCCC[C@@H]3C)CC2)cc1. The van der Waals surface area contributed by atoms with Crippen LogP contribution in [-0.4, -0.2) is 37.4 Å². The Morgan fingerprint density at radius 2 is 1.69 bits per heavy atom. The van der Waals surface area contributed by atoms with E-state index in [0.29, 0.717) is 18.5 Å². The Balaban J connectivity index is 1.44. The molecule has 26 heavy (non-hydrogen) atoms. The summed E-state index contributed by atoms with van der Waals surface area (Å²) in [4.78, 5) is 26.4. The molecule has 0 radical (unpaired) electrons. The molecule has 0 bridgehead atoms. The molecule has 2 aliphatic rings. The monoisotopic (exact) mass is 357 g/mol. The van der Waals surface area contributed by atoms with Crippen molar-refractivity contribution in [3.8, 4) is 0 Å². The summed E-state index contributed by atoms with van der Waals surface area (Å²) in [5.41, 5.74) is 2.01. The van der Waals surface area contributed by atoms with E-state index in [1.165, 1.54) is 29.7 Å². The molecule has 1 aliphatic heterocycles. The lowest BCUT2D eigenvalue weighted by molar-refractivity contribution is -0.897. The Bertz CT molecular complexity index is 618. The van der Waals surface area contributed by atoms with E-state index >= 15 is 0 Å². The first kappa shape index (κ1) is 19.1. The second-order valence-corrected chi connectivity index (χ2v) is 8.37. The zero-order valence-corrected chi connectivity index (χ0v) is 16.2. The fourth-order valence-electron chi connectivity index (χ4n) is 4.43. The molecule has 3 rings (SSSR count). The quantitative estimate of drug-likeness (QED) is 0.794.